The number of nitrogens with one attached hydrogen (secondary N) is 1. The van der Waals surface area contributed by atoms with Gasteiger partial charge in [-0.2, -0.15) is 0 Å². The van der Waals surface area contributed by atoms with E-state index in [1.165, 1.54) is 18.2 Å². The van der Waals surface area contributed by atoms with E-state index >= 15 is 0 Å². The Morgan fingerprint density at radius 1 is 1.55 bits per heavy atom. The van der Waals surface area contributed by atoms with Crippen molar-refractivity contribution in [3.05, 3.63) is 35.1 Å². The second-order valence-electron chi connectivity index (χ2n) is 4.19. The highest BCUT2D eigenvalue weighted by molar-refractivity contribution is 5.94. The molecule has 1 aromatic carbocycles. The molecule has 1 rings (SSSR count). The van der Waals surface area contributed by atoms with Gasteiger partial charge in [-0.25, -0.2) is 4.39 Å². The van der Waals surface area contributed by atoms with Crippen LogP contribution in [0.5, 0.6) is 0 Å². The fourth-order valence-electron chi connectivity index (χ4n) is 1.64. The van der Waals surface area contributed by atoms with Gasteiger partial charge in [-0.05, 0) is 24.6 Å². The van der Waals surface area contributed by atoms with Gasteiger partial charge in [-0.1, -0.05) is 18.8 Å². The smallest absolute Gasteiger partial charge is 0.254 e. The van der Waals surface area contributed by atoms with Crippen LogP contribution in [0.4, 0.5) is 4.39 Å². The van der Waals surface area contributed by atoms with E-state index in [-0.39, 0.29) is 18.2 Å². The number of amides is 1. The van der Waals surface area contributed by atoms with E-state index < -0.39 is 11.7 Å². The Morgan fingerprint density at radius 2 is 2.30 bits per heavy atom. The predicted octanol–water partition coefficient (Wildman–Crippen LogP) is 1.32. The maximum atomic E-state index is 13.8. The molecule has 0 spiro atoms. The lowest BCUT2D eigenvalue weighted by molar-refractivity contribution is 0.0890. The van der Waals surface area contributed by atoms with Crippen LogP contribution in [0.2, 0.25) is 0 Å². The van der Waals surface area contributed by atoms with Gasteiger partial charge in [0.1, 0.15) is 12.4 Å². The molecule has 1 atom stereocenters. The molecule has 5 heteroatoms. The average molecular weight is 279 g/mol. The number of benzene rings is 1. The topological polar surface area (TPSA) is 58.6 Å². The molecule has 1 aromatic rings. The monoisotopic (exact) mass is 279 g/mol. The van der Waals surface area contributed by atoms with E-state index in [2.05, 4.69) is 17.2 Å². The third-order valence-corrected chi connectivity index (χ3v) is 2.72. The minimum absolute atomic E-state index is 0.0332. The van der Waals surface area contributed by atoms with E-state index in [4.69, 9.17) is 9.84 Å². The number of rotatable bonds is 5. The molecule has 2 N–H and O–H groups in total. The first kappa shape index (κ1) is 16.2. The molecule has 0 aliphatic carbocycles. The van der Waals surface area contributed by atoms with Crippen LogP contribution < -0.4 is 5.32 Å². The highest BCUT2D eigenvalue weighted by atomic mass is 19.1. The number of aliphatic hydroxyl groups is 1. The van der Waals surface area contributed by atoms with Gasteiger partial charge in [0, 0.05) is 12.7 Å². The molecule has 4 nitrogen and oxygen atoms in total. The SMILES string of the molecule is CCC(COC)NC(=O)c1ccc(C#CCO)cc1F. The van der Waals surface area contributed by atoms with Crippen LogP contribution in [0, 0.1) is 17.7 Å². The number of carbonyl (C=O) groups is 1. The van der Waals surface area contributed by atoms with Crippen LogP contribution in [0.1, 0.15) is 29.3 Å². The van der Waals surface area contributed by atoms with Gasteiger partial charge >= 0.3 is 0 Å². The second-order valence-corrected chi connectivity index (χ2v) is 4.19. The van der Waals surface area contributed by atoms with E-state index in [0.717, 1.165) is 0 Å². The molecule has 0 radical (unpaired) electrons. The molecule has 108 valence electrons. The molecular weight excluding hydrogens is 261 g/mol. The summed E-state index contributed by atoms with van der Waals surface area (Å²) < 4.78 is 18.8. The summed E-state index contributed by atoms with van der Waals surface area (Å²) >= 11 is 0. The van der Waals surface area contributed by atoms with Crippen molar-refractivity contribution in [1.82, 2.24) is 5.32 Å². The van der Waals surface area contributed by atoms with E-state index in [1.807, 2.05) is 6.92 Å². The molecule has 1 unspecified atom stereocenters. The molecule has 1 amide bonds. The van der Waals surface area contributed by atoms with E-state index in [9.17, 15) is 9.18 Å². The van der Waals surface area contributed by atoms with Crippen LogP contribution in [-0.2, 0) is 4.74 Å². The summed E-state index contributed by atoms with van der Waals surface area (Å²) in [6.07, 6.45) is 0.696. The number of aliphatic hydroxyl groups excluding tert-OH is 1. The summed E-state index contributed by atoms with van der Waals surface area (Å²) in [6.45, 7) is 2.00. The minimum Gasteiger partial charge on any atom is -0.384 e. The fraction of sp³-hybridized carbons (Fsp3) is 0.400. The molecule has 20 heavy (non-hydrogen) atoms. The summed E-state index contributed by atoms with van der Waals surface area (Å²) in [7, 11) is 1.55. The Kier molecular flexibility index (Phi) is 6.71. The molecule has 0 aromatic heterocycles. The lowest BCUT2D eigenvalue weighted by atomic mass is 10.1. The third-order valence-electron chi connectivity index (χ3n) is 2.72. The number of ether oxygens (including phenoxy) is 1. The maximum absolute atomic E-state index is 13.8. The number of halogens is 1. The van der Waals surface area contributed by atoms with Crippen molar-refractivity contribution in [1.29, 1.82) is 0 Å². The third kappa shape index (κ3) is 4.65. The van der Waals surface area contributed by atoms with Crippen molar-refractivity contribution in [2.75, 3.05) is 20.3 Å². The van der Waals surface area contributed by atoms with Crippen molar-refractivity contribution >= 4 is 5.91 Å². The Bertz CT molecular complexity index is 520. The van der Waals surface area contributed by atoms with Crippen LogP contribution in [0.25, 0.3) is 0 Å². The molecule has 0 aliphatic heterocycles. The molecule has 0 heterocycles. The van der Waals surface area contributed by atoms with Crippen LogP contribution in [0.15, 0.2) is 18.2 Å². The van der Waals surface area contributed by atoms with Crippen molar-refractivity contribution in [2.45, 2.75) is 19.4 Å². The van der Waals surface area contributed by atoms with Crippen LogP contribution in [-0.4, -0.2) is 37.4 Å². The Morgan fingerprint density at radius 3 is 2.85 bits per heavy atom. The Balaban J connectivity index is 2.83. The molecule has 0 saturated heterocycles. The number of hydrogen-bond acceptors (Lipinski definition) is 3. The van der Waals surface area contributed by atoms with Gasteiger partial charge in [-0.3, -0.25) is 4.79 Å². The normalized spacial score (nSPS) is 11.4. The summed E-state index contributed by atoms with van der Waals surface area (Å²) in [5, 5.41) is 11.3. The minimum atomic E-state index is -0.639. The fourth-order valence-corrected chi connectivity index (χ4v) is 1.64. The Labute approximate surface area is 117 Å². The molecular formula is C15H18FNO3. The summed E-state index contributed by atoms with van der Waals surface area (Å²) in [5.74, 6) is 3.88. The second kappa shape index (κ2) is 8.31. The number of methoxy groups -OCH3 is 1. The predicted molar refractivity (Wildman–Crippen MR) is 73.8 cm³/mol. The zero-order valence-electron chi connectivity index (χ0n) is 11.6. The highest BCUT2D eigenvalue weighted by Gasteiger charge is 2.15. The van der Waals surface area contributed by atoms with E-state index in [0.29, 0.717) is 18.6 Å². The largest absolute Gasteiger partial charge is 0.384 e. The standard InChI is InChI=1S/C15H18FNO3/c1-3-12(10-20-2)17-15(19)13-7-6-11(5-4-8-18)9-14(13)16/h6-7,9,12,18H,3,8,10H2,1-2H3,(H,17,19). The zero-order valence-corrected chi connectivity index (χ0v) is 11.6. The number of carbonyl (C=O) groups excluding carboxylic acids is 1. The van der Waals surface area contributed by atoms with E-state index in [1.54, 1.807) is 7.11 Å². The van der Waals surface area contributed by atoms with Crippen molar-refractivity contribution in [3.8, 4) is 11.8 Å². The molecule has 0 fully saturated rings. The molecule has 0 saturated carbocycles. The summed E-state index contributed by atoms with van der Waals surface area (Å²) in [5.41, 5.74) is 0.381. The van der Waals surface area contributed by atoms with Gasteiger partial charge < -0.3 is 15.2 Å². The highest BCUT2D eigenvalue weighted by Crippen LogP contribution is 2.10. The van der Waals surface area contributed by atoms with Gasteiger partial charge in [-0.15, -0.1) is 0 Å². The van der Waals surface area contributed by atoms with Crippen molar-refractivity contribution in [2.24, 2.45) is 0 Å². The first-order valence-electron chi connectivity index (χ1n) is 6.31. The quantitative estimate of drug-likeness (QED) is 0.799. The van der Waals surface area contributed by atoms with Crippen LogP contribution in [0.3, 0.4) is 0 Å². The first-order chi connectivity index (χ1) is 9.62. The lowest BCUT2D eigenvalue weighted by Crippen LogP contribution is -2.37. The van der Waals surface area contributed by atoms with Crippen molar-refractivity contribution in [3.63, 3.8) is 0 Å². The Hall–Kier alpha value is -1.90. The lowest BCUT2D eigenvalue weighted by Gasteiger charge is -2.16. The summed E-state index contributed by atoms with van der Waals surface area (Å²) in [6, 6.07) is 3.94. The van der Waals surface area contributed by atoms with Crippen molar-refractivity contribution < 1.29 is 19.0 Å². The van der Waals surface area contributed by atoms with Gasteiger partial charge in [0.15, 0.2) is 0 Å². The maximum Gasteiger partial charge on any atom is 0.254 e. The average Bonchev–Trinajstić information content (AvgIpc) is 2.44. The zero-order chi connectivity index (χ0) is 15.0. The van der Waals surface area contributed by atoms with Gasteiger partial charge in [0.25, 0.3) is 5.91 Å². The molecule has 0 aliphatic rings. The van der Waals surface area contributed by atoms with Gasteiger partial charge in [0.05, 0.1) is 18.2 Å². The van der Waals surface area contributed by atoms with Gasteiger partial charge in [0.2, 0.25) is 0 Å². The number of hydrogen-bond donors (Lipinski definition) is 2. The molecule has 0 bridgehead atoms. The summed E-state index contributed by atoms with van der Waals surface area (Å²) in [4.78, 5) is 12.0. The first-order valence-corrected chi connectivity index (χ1v) is 6.31. The van der Waals surface area contributed by atoms with Crippen LogP contribution >= 0.6 is 0 Å².